The molecule has 0 fully saturated rings. The van der Waals surface area contributed by atoms with Gasteiger partial charge in [-0.3, -0.25) is 4.79 Å². The van der Waals surface area contributed by atoms with Gasteiger partial charge in [-0.05, 0) is 61.7 Å². The summed E-state index contributed by atoms with van der Waals surface area (Å²) < 4.78 is 0. The monoisotopic (exact) mass is 350 g/mol. The largest absolute Gasteiger partial charge is 0.323 e. The fourth-order valence-corrected chi connectivity index (χ4v) is 2.84. The molecule has 0 spiro atoms. The van der Waals surface area contributed by atoms with Crippen molar-refractivity contribution in [2.75, 3.05) is 18.4 Å². The molecule has 2 aromatic carbocycles. The van der Waals surface area contributed by atoms with Crippen LogP contribution >= 0.6 is 23.2 Å². The van der Waals surface area contributed by atoms with E-state index in [0.29, 0.717) is 10.7 Å². The number of amides is 1. The molecule has 2 N–H and O–H groups in total. The highest BCUT2D eigenvalue weighted by Gasteiger charge is 2.09. The zero-order chi connectivity index (χ0) is 16.8. The van der Waals surface area contributed by atoms with Gasteiger partial charge in [-0.25, -0.2) is 0 Å². The number of nitrogens with one attached hydrogen (secondary N) is 2. The predicted molar refractivity (Wildman–Crippen MR) is 97.6 cm³/mol. The Labute approximate surface area is 147 Å². The van der Waals surface area contributed by atoms with Crippen molar-refractivity contribution < 1.29 is 4.79 Å². The van der Waals surface area contributed by atoms with Gasteiger partial charge in [0.15, 0.2) is 0 Å². The Bertz CT molecular complexity index is 661. The molecule has 0 bridgehead atoms. The molecule has 122 valence electrons. The van der Waals surface area contributed by atoms with Gasteiger partial charge in [-0.1, -0.05) is 41.4 Å². The molecule has 0 aliphatic rings. The van der Waals surface area contributed by atoms with Gasteiger partial charge >= 0.3 is 0 Å². The van der Waals surface area contributed by atoms with Gasteiger partial charge in [0.05, 0.1) is 17.3 Å². The van der Waals surface area contributed by atoms with E-state index in [0.717, 1.165) is 29.1 Å². The lowest BCUT2D eigenvalue weighted by Gasteiger charge is -2.12. The Balaban J connectivity index is 1.78. The van der Waals surface area contributed by atoms with Crippen molar-refractivity contribution in [2.24, 2.45) is 0 Å². The fourth-order valence-electron chi connectivity index (χ4n) is 2.34. The van der Waals surface area contributed by atoms with Crippen molar-refractivity contribution in [3.05, 3.63) is 63.1 Å². The van der Waals surface area contributed by atoms with E-state index in [4.69, 9.17) is 23.2 Å². The van der Waals surface area contributed by atoms with Crippen LogP contribution in [0, 0.1) is 13.8 Å². The van der Waals surface area contributed by atoms with Crippen LogP contribution in [0.4, 0.5) is 5.69 Å². The third-order valence-electron chi connectivity index (χ3n) is 3.49. The first-order valence-electron chi connectivity index (χ1n) is 7.47. The number of carbonyl (C=O) groups is 1. The molecule has 1 amide bonds. The average Bonchev–Trinajstić information content (AvgIpc) is 2.49. The van der Waals surface area contributed by atoms with E-state index in [1.165, 1.54) is 5.56 Å². The number of rotatable bonds is 6. The van der Waals surface area contributed by atoms with E-state index in [1.54, 1.807) is 0 Å². The zero-order valence-electron chi connectivity index (χ0n) is 13.2. The summed E-state index contributed by atoms with van der Waals surface area (Å²) in [6.07, 6.45) is 0.842. The number of aryl methyl sites for hydroxylation is 2. The minimum atomic E-state index is -0.102. The summed E-state index contributed by atoms with van der Waals surface area (Å²) in [7, 11) is 0. The van der Waals surface area contributed by atoms with Gasteiger partial charge in [-0.2, -0.15) is 0 Å². The lowest BCUT2D eigenvalue weighted by atomic mass is 10.1. The molecule has 0 atom stereocenters. The summed E-state index contributed by atoms with van der Waals surface area (Å²) in [6, 6.07) is 11.5. The SMILES string of the molecule is Cc1cc(C)c(NC(=O)CNCCc2ccc(Cl)cc2)c(Cl)c1. The van der Waals surface area contributed by atoms with Crippen LogP contribution in [0.2, 0.25) is 10.0 Å². The van der Waals surface area contributed by atoms with Crippen LogP contribution in [0.5, 0.6) is 0 Å². The van der Waals surface area contributed by atoms with Crippen LogP contribution in [0.15, 0.2) is 36.4 Å². The second-order valence-electron chi connectivity index (χ2n) is 5.54. The number of halogens is 2. The third-order valence-corrected chi connectivity index (χ3v) is 4.04. The number of hydrogen-bond acceptors (Lipinski definition) is 2. The van der Waals surface area contributed by atoms with Crippen LogP contribution in [-0.4, -0.2) is 19.0 Å². The molecule has 0 saturated carbocycles. The molecule has 2 rings (SSSR count). The van der Waals surface area contributed by atoms with Gasteiger partial charge in [0.1, 0.15) is 0 Å². The number of hydrogen-bond donors (Lipinski definition) is 2. The first-order chi connectivity index (χ1) is 11.0. The summed E-state index contributed by atoms with van der Waals surface area (Å²) in [5, 5.41) is 7.29. The highest BCUT2D eigenvalue weighted by Crippen LogP contribution is 2.27. The quantitative estimate of drug-likeness (QED) is 0.759. The molecule has 5 heteroatoms. The second kappa shape index (κ2) is 8.34. The maximum atomic E-state index is 12.0. The Morgan fingerprint density at radius 2 is 1.78 bits per heavy atom. The molecule has 0 radical (unpaired) electrons. The Hall–Kier alpha value is -1.55. The van der Waals surface area contributed by atoms with E-state index in [9.17, 15) is 4.79 Å². The molecular formula is C18H20Cl2N2O. The van der Waals surface area contributed by atoms with E-state index in [2.05, 4.69) is 10.6 Å². The lowest BCUT2D eigenvalue weighted by molar-refractivity contribution is -0.115. The minimum absolute atomic E-state index is 0.102. The Morgan fingerprint density at radius 1 is 1.09 bits per heavy atom. The zero-order valence-corrected chi connectivity index (χ0v) is 14.8. The smallest absolute Gasteiger partial charge is 0.238 e. The minimum Gasteiger partial charge on any atom is -0.323 e. The summed E-state index contributed by atoms with van der Waals surface area (Å²) >= 11 is 12.0. The van der Waals surface area contributed by atoms with Crippen LogP contribution < -0.4 is 10.6 Å². The normalized spacial score (nSPS) is 10.6. The number of benzene rings is 2. The standard InChI is InChI=1S/C18H20Cl2N2O/c1-12-9-13(2)18(16(20)10-12)22-17(23)11-21-8-7-14-3-5-15(19)6-4-14/h3-6,9-10,21H,7-8,11H2,1-2H3,(H,22,23). The first-order valence-corrected chi connectivity index (χ1v) is 8.23. The van der Waals surface area contributed by atoms with Crippen molar-refractivity contribution in [1.82, 2.24) is 5.32 Å². The molecule has 2 aromatic rings. The van der Waals surface area contributed by atoms with Gasteiger partial charge in [0.25, 0.3) is 0 Å². The predicted octanol–water partition coefficient (Wildman–Crippen LogP) is 4.38. The molecule has 0 aromatic heterocycles. The topological polar surface area (TPSA) is 41.1 Å². The summed E-state index contributed by atoms with van der Waals surface area (Å²) in [5.41, 5.74) is 3.90. The van der Waals surface area contributed by atoms with Gasteiger partial charge in [-0.15, -0.1) is 0 Å². The van der Waals surface area contributed by atoms with Crippen LogP contribution in [0.25, 0.3) is 0 Å². The van der Waals surface area contributed by atoms with Crippen LogP contribution in [-0.2, 0) is 11.2 Å². The Morgan fingerprint density at radius 3 is 2.43 bits per heavy atom. The fraction of sp³-hybridized carbons (Fsp3) is 0.278. The van der Waals surface area contributed by atoms with Gasteiger partial charge in [0.2, 0.25) is 5.91 Å². The summed E-state index contributed by atoms with van der Waals surface area (Å²) in [6.45, 7) is 4.87. The van der Waals surface area contributed by atoms with E-state index in [-0.39, 0.29) is 12.5 Å². The first kappa shape index (κ1) is 17.8. The summed E-state index contributed by atoms with van der Waals surface area (Å²) in [4.78, 5) is 12.0. The van der Waals surface area contributed by atoms with E-state index < -0.39 is 0 Å². The molecule has 23 heavy (non-hydrogen) atoms. The van der Waals surface area contributed by atoms with Crippen molar-refractivity contribution in [3.8, 4) is 0 Å². The van der Waals surface area contributed by atoms with E-state index in [1.807, 2.05) is 50.2 Å². The van der Waals surface area contributed by atoms with E-state index >= 15 is 0 Å². The van der Waals surface area contributed by atoms with Crippen molar-refractivity contribution >= 4 is 34.8 Å². The molecular weight excluding hydrogens is 331 g/mol. The van der Waals surface area contributed by atoms with Gasteiger partial charge < -0.3 is 10.6 Å². The number of carbonyl (C=O) groups excluding carboxylic acids is 1. The third kappa shape index (κ3) is 5.54. The molecule has 0 saturated heterocycles. The Kier molecular flexibility index (Phi) is 6.46. The molecule has 0 unspecified atom stereocenters. The second-order valence-corrected chi connectivity index (χ2v) is 6.38. The van der Waals surface area contributed by atoms with Crippen LogP contribution in [0.1, 0.15) is 16.7 Å². The van der Waals surface area contributed by atoms with Crippen molar-refractivity contribution in [3.63, 3.8) is 0 Å². The lowest BCUT2D eigenvalue weighted by Crippen LogP contribution is -2.29. The van der Waals surface area contributed by atoms with Crippen molar-refractivity contribution in [2.45, 2.75) is 20.3 Å². The van der Waals surface area contributed by atoms with Crippen LogP contribution in [0.3, 0.4) is 0 Å². The maximum absolute atomic E-state index is 12.0. The molecule has 0 heterocycles. The average molecular weight is 351 g/mol. The summed E-state index contributed by atoms with van der Waals surface area (Å²) in [5.74, 6) is -0.102. The van der Waals surface area contributed by atoms with Gasteiger partial charge in [0, 0.05) is 5.02 Å². The maximum Gasteiger partial charge on any atom is 0.238 e. The molecule has 3 nitrogen and oxygen atoms in total. The van der Waals surface area contributed by atoms with Crippen molar-refractivity contribution in [1.29, 1.82) is 0 Å². The molecule has 0 aliphatic heterocycles. The highest BCUT2D eigenvalue weighted by atomic mass is 35.5. The number of anilines is 1. The molecule has 0 aliphatic carbocycles. The highest BCUT2D eigenvalue weighted by molar-refractivity contribution is 6.34.